The molecule has 0 bridgehead atoms. The Kier molecular flexibility index (Phi) is 2.50. The third-order valence-corrected chi connectivity index (χ3v) is 3.48. The molecular weight excluding hydrogens is 243 g/mol. The van der Waals surface area contributed by atoms with Crippen LogP contribution in [0.2, 0.25) is 0 Å². The second-order valence-electron chi connectivity index (χ2n) is 4.60. The molecule has 0 spiro atoms. The zero-order chi connectivity index (χ0) is 12.8. The van der Waals surface area contributed by atoms with Gasteiger partial charge >= 0.3 is 6.36 Å². The number of H-pyrrole nitrogens is 1. The maximum absolute atomic E-state index is 12.3. The molecule has 5 heteroatoms. The van der Waals surface area contributed by atoms with Crippen molar-refractivity contribution >= 4 is 10.9 Å². The van der Waals surface area contributed by atoms with Gasteiger partial charge in [-0.3, -0.25) is 0 Å². The SMILES string of the molecule is FC(F)(F)Oc1cccc2c(C3CCC3)c[nH]c12. The van der Waals surface area contributed by atoms with Crippen LogP contribution in [0.25, 0.3) is 10.9 Å². The highest BCUT2D eigenvalue weighted by Crippen LogP contribution is 2.41. The Hall–Kier alpha value is -1.65. The number of aromatic amines is 1. The lowest BCUT2D eigenvalue weighted by Crippen LogP contribution is -2.17. The maximum Gasteiger partial charge on any atom is 0.573 e. The summed E-state index contributed by atoms with van der Waals surface area (Å²) in [7, 11) is 0. The van der Waals surface area contributed by atoms with E-state index in [1.165, 1.54) is 12.5 Å². The summed E-state index contributed by atoms with van der Waals surface area (Å²) in [5.74, 6) is 0.311. The predicted octanol–water partition coefficient (Wildman–Crippen LogP) is 4.33. The van der Waals surface area contributed by atoms with Crippen molar-refractivity contribution in [3.63, 3.8) is 0 Å². The summed E-state index contributed by atoms with van der Waals surface area (Å²) in [5, 5.41) is 0.835. The van der Waals surface area contributed by atoms with Crippen LogP contribution in [0.1, 0.15) is 30.7 Å². The minimum atomic E-state index is -4.66. The molecule has 1 N–H and O–H groups in total. The van der Waals surface area contributed by atoms with Crippen LogP contribution in [0.4, 0.5) is 13.2 Å². The maximum atomic E-state index is 12.3. The van der Waals surface area contributed by atoms with Gasteiger partial charge in [-0.15, -0.1) is 13.2 Å². The van der Waals surface area contributed by atoms with Crippen LogP contribution >= 0.6 is 0 Å². The van der Waals surface area contributed by atoms with E-state index in [0.717, 1.165) is 23.8 Å². The van der Waals surface area contributed by atoms with Crippen LogP contribution in [0, 0.1) is 0 Å². The van der Waals surface area contributed by atoms with Crippen molar-refractivity contribution in [3.05, 3.63) is 30.0 Å². The monoisotopic (exact) mass is 255 g/mol. The number of hydrogen-bond acceptors (Lipinski definition) is 1. The van der Waals surface area contributed by atoms with Gasteiger partial charge in [-0.25, -0.2) is 0 Å². The molecule has 0 saturated heterocycles. The first-order valence-electron chi connectivity index (χ1n) is 5.90. The molecule has 3 rings (SSSR count). The molecule has 0 atom stereocenters. The summed E-state index contributed by atoms with van der Waals surface area (Å²) in [6.07, 6.45) is 0.554. The van der Waals surface area contributed by atoms with E-state index in [2.05, 4.69) is 9.72 Å². The Morgan fingerprint density at radius 2 is 2.00 bits per heavy atom. The van der Waals surface area contributed by atoms with Crippen molar-refractivity contribution in [3.8, 4) is 5.75 Å². The Labute approximate surface area is 102 Å². The standard InChI is InChI=1S/C13H12F3NO/c14-13(15,16)18-11-6-2-5-9-10(7-17-12(9)11)8-3-1-4-8/h2,5-8,17H,1,3-4H2. The van der Waals surface area contributed by atoms with Gasteiger partial charge in [0.25, 0.3) is 0 Å². The molecule has 0 unspecified atom stereocenters. The van der Waals surface area contributed by atoms with Crippen molar-refractivity contribution in [2.75, 3.05) is 0 Å². The van der Waals surface area contributed by atoms with Crippen LogP contribution in [-0.4, -0.2) is 11.3 Å². The van der Waals surface area contributed by atoms with Gasteiger partial charge in [0.1, 0.15) is 0 Å². The number of rotatable bonds is 2. The third-order valence-electron chi connectivity index (χ3n) is 3.48. The lowest BCUT2D eigenvalue weighted by atomic mass is 9.80. The molecule has 1 fully saturated rings. The average Bonchev–Trinajstić information content (AvgIpc) is 2.58. The van der Waals surface area contributed by atoms with Crippen LogP contribution in [-0.2, 0) is 0 Å². The Morgan fingerprint density at radius 3 is 2.61 bits per heavy atom. The second kappa shape index (κ2) is 3.93. The van der Waals surface area contributed by atoms with Gasteiger partial charge in [0.05, 0.1) is 5.52 Å². The first-order valence-corrected chi connectivity index (χ1v) is 5.90. The van der Waals surface area contributed by atoms with Gasteiger partial charge in [0.2, 0.25) is 0 Å². The van der Waals surface area contributed by atoms with Crippen LogP contribution in [0.3, 0.4) is 0 Å². The quantitative estimate of drug-likeness (QED) is 0.848. The Morgan fingerprint density at radius 1 is 1.22 bits per heavy atom. The molecule has 2 nitrogen and oxygen atoms in total. The van der Waals surface area contributed by atoms with Crippen molar-refractivity contribution in [1.82, 2.24) is 4.98 Å². The largest absolute Gasteiger partial charge is 0.573 e. The Bertz CT molecular complexity index is 569. The van der Waals surface area contributed by atoms with E-state index in [-0.39, 0.29) is 5.75 Å². The number of halogens is 3. The lowest BCUT2D eigenvalue weighted by Gasteiger charge is -2.24. The molecule has 2 aromatic rings. The fourth-order valence-corrected chi connectivity index (χ4v) is 2.41. The van der Waals surface area contributed by atoms with Crippen molar-refractivity contribution in [2.24, 2.45) is 0 Å². The highest BCUT2D eigenvalue weighted by molar-refractivity contribution is 5.88. The molecule has 1 aromatic heterocycles. The summed E-state index contributed by atoms with van der Waals surface area (Å²) in [5.41, 5.74) is 1.53. The summed E-state index contributed by atoms with van der Waals surface area (Å²) in [6.45, 7) is 0. The third kappa shape index (κ3) is 1.94. The van der Waals surface area contributed by atoms with E-state index in [4.69, 9.17) is 0 Å². The smallest absolute Gasteiger partial charge is 0.404 e. The van der Waals surface area contributed by atoms with E-state index in [1.54, 1.807) is 12.3 Å². The fourth-order valence-electron chi connectivity index (χ4n) is 2.41. The topological polar surface area (TPSA) is 25.0 Å². The zero-order valence-electron chi connectivity index (χ0n) is 9.55. The van der Waals surface area contributed by atoms with Gasteiger partial charge in [0, 0.05) is 11.6 Å². The van der Waals surface area contributed by atoms with Crippen molar-refractivity contribution < 1.29 is 17.9 Å². The molecule has 1 aliphatic carbocycles. The number of fused-ring (bicyclic) bond motifs is 1. The Balaban J connectivity index is 2.03. The highest BCUT2D eigenvalue weighted by atomic mass is 19.4. The average molecular weight is 255 g/mol. The molecule has 0 aliphatic heterocycles. The predicted molar refractivity (Wildman–Crippen MR) is 61.6 cm³/mol. The number of hydrogen-bond donors (Lipinski definition) is 1. The molecule has 1 heterocycles. The van der Waals surface area contributed by atoms with Crippen LogP contribution in [0.15, 0.2) is 24.4 Å². The first kappa shape index (κ1) is 11.4. The molecule has 1 aliphatic rings. The van der Waals surface area contributed by atoms with Gasteiger partial charge in [0.15, 0.2) is 5.75 Å². The van der Waals surface area contributed by atoms with E-state index < -0.39 is 6.36 Å². The molecule has 96 valence electrons. The molecule has 18 heavy (non-hydrogen) atoms. The number of aromatic nitrogens is 1. The number of para-hydroxylation sites is 1. The van der Waals surface area contributed by atoms with Gasteiger partial charge in [-0.1, -0.05) is 18.6 Å². The molecule has 1 aromatic carbocycles. The number of alkyl halides is 3. The normalized spacial score (nSPS) is 16.8. The lowest BCUT2D eigenvalue weighted by molar-refractivity contribution is -0.274. The zero-order valence-corrected chi connectivity index (χ0v) is 9.55. The summed E-state index contributed by atoms with van der Waals surface area (Å²) in [4.78, 5) is 2.90. The van der Waals surface area contributed by atoms with Gasteiger partial charge in [-0.05, 0) is 30.4 Å². The minimum Gasteiger partial charge on any atom is -0.404 e. The van der Waals surface area contributed by atoms with E-state index >= 15 is 0 Å². The molecular formula is C13H12F3NO. The number of ether oxygens (including phenoxy) is 1. The molecule has 0 radical (unpaired) electrons. The van der Waals surface area contributed by atoms with E-state index in [9.17, 15) is 13.2 Å². The van der Waals surface area contributed by atoms with Crippen molar-refractivity contribution in [1.29, 1.82) is 0 Å². The van der Waals surface area contributed by atoms with Gasteiger partial charge < -0.3 is 9.72 Å². The van der Waals surface area contributed by atoms with Crippen molar-refractivity contribution in [2.45, 2.75) is 31.5 Å². The van der Waals surface area contributed by atoms with E-state index in [0.29, 0.717) is 11.4 Å². The molecule has 0 amide bonds. The highest BCUT2D eigenvalue weighted by Gasteiger charge is 2.32. The van der Waals surface area contributed by atoms with E-state index in [1.807, 2.05) is 6.07 Å². The minimum absolute atomic E-state index is 0.162. The molecule has 1 saturated carbocycles. The summed E-state index contributed by atoms with van der Waals surface area (Å²) >= 11 is 0. The number of nitrogens with one attached hydrogen (secondary N) is 1. The van der Waals surface area contributed by atoms with Crippen LogP contribution < -0.4 is 4.74 Å². The van der Waals surface area contributed by atoms with Gasteiger partial charge in [-0.2, -0.15) is 0 Å². The second-order valence-corrected chi connectivity index (χ2v) is 4.60. The first-order chi connectivity index (χ1) is 8.54. The number of benzene rings is 1. The fraction of sp³-hybridized carbons (Fsp3) is 0.385. The van der Waals surface area contributed by atoms with Crippen LogP contribution in [0.5, 0.6) is 5.75 Å². The summed E-state index contributed by atoms with van der Waals surface area (Å²) in [6, 6.07) is 4.76. The summed E-state index contributed by atoms with van der Waals surface area (Å²) < 4.78 is 40.9.